The van der Waals surface area contributed by atoms with Crippen molar-refractivity contribution in [2.45, 2.75) is 45.6 Å². The fourth-order valence-corrected chi connectivity index (χ4v) is 3.50. The molecule has 2 rings (SSSR count). The quantitative estimate of drug-likeness (QED) is 0.818. The SMILES string of the molecule is CCC(CC)C(NC)C1Cc2ccccc2C1. The monoisotopic (exact) mass is 231 g/mol. The van der Waals surface area contributed by atoms with Crippen LogP contribution in [0.1, 0.15) is 37.8 Å². The molecule has 0 radical (unpaired) electrons. The molecule has 1 aromatic carbocycles. The molecule has 1 aliphatic carbocycles. The maximum atomic E-state index is 3.58. The molecule has 0 aliphatic heterocycles. The van der Waals surface area contributed by atoms with Crippen LogP contribution in [0.15, 0.2) is 24.3 Å². The number of hydrogen-bond donors (Lipinski definition) is 1. The van der Waals surface area contributed by atoms with E-state index in [-0.39, 0.29) is 0 Å². The Balaban J connectivity index is 2.10. The molecule has 17 heavy (non-hydrogen) atoms. The highest BCUT2D eigenvalue weighted by Gasteiger charge is 2.31. The molecule has 1 heteroatoms. The molecular weight excluding hydrogens is 206 g/mol. The predicted molar refractivity (Wildman–Crippen MR) is 74.3 cm³/mol. The van der Waals surface area contributed by atoms with Gasteiger partial charge in [-0.05, 0) is 42.9 Å². The third-order valence-corrected chi connectivity index (χ3v) is 4.48. The Bertz CT molecular complexity index is 329. The minimum Gasteiger partial charge on any atom is -0.316 e. The van der Waals surface area contributed by atoms with Crippen molar-refractivity contribution < 1.29 is 0 Å². The summed E-state index contributed by atoms with van der Waals surface area (Å²) in [6, 6.07) is 9.63. The first-order valence-electron chi connectivity index (χ1n) is 7.04. The van der Waals surface area contributed by atoms with Crippen LogP contribution >= 0.6 is 0 Å². The molecule has 1 aromatic rings. The van der Waals surface area contributed by atoms with Crippen LogP contribution in [-0.4, -0.2) is 13.1 Å². The summed E-state index contributed by atoms with van der Waals surface area (Å²) in [6.07, 6.45) is 5.10. The van der Waals surface area contributed by atoms with E-state index in [0.29, 0.717) is 6.04 Å². The van der Waals surface area contributed by atoms with Crippen LogP contribution in [0.2, 0.25) is 0 Å². The zero-order valence-corrected chi connectivity index (χ0v) is 11.4. The van der Waals surface area contributed by atoms with Gasteiger partial charge in [-0.3, -0.25) is 0 Å². The van der Waals surface area contributed by atoms with E-state index in [2.05, 4.69) is 50.5 Å². The third-order valence-electron chi connectivity index (χ3n) is 4.48. The fraction of sp³-hybridized carbons (Fsp3) is 0.625. The molecule has 1 unspecified atom stereocenters. The number of fused-ring (bicyclic) bond motifs is 1. The van der Waals surface area contributed by atoms with E-state index in [1.165, 1.54) is 25.7 Å². The Morgan fingerprint density at radius 1 is 1.12 bits per heavy atom. The van der Waals surface area contributed by atoms with Crippen LogP contribution in [-0.2, 0) is 12.8 Å². The van der Waals surface area contributed by atoms with Gasteiger partial charge in [0.2, 0.25) is 0 Å². The van der Waals surface area contributed by atoms with Gasteiger partial charge in [0.25, 0.3) is 0 Å². The minimum atomic E-state index is 0.678. The lowest BCUT2D eigenvalue weighted by molar-refractivity contribution is 0.262. The maximum absolute atomic E-state index is 3.58. The molecule has 0 fully saturated rings. The van der Waals surface area contributed by atoms with Crippen LogP contribution in [0, 0.1) is 11.8 Å². The van der Waals surface area contributed by atoms with E-state index in [1.54, 1.807) is 11.1 Å². The van der Waals surface area contributed by atoms with E-state index in [1.807, 2.05) is 0 Å². The fourth-order valence-electron chi connectivity index (χ4n) is 3.50. The van der Waals surface area contributed by atoms with Crippen LogP contribution in [0.3, 0.4) is 0 Å². The van der Waals surface area contributed by atoms with Crippen LogP contribution < -0.4 is 5.32 Å². The van der Waals surface area contributed by atoms with Crippen LogP contribution in [0.25, 0.3) is 0 Å². The first-order valence-corrected chi connectivity index (χ1v) is 7.04. The van der Waals surface area contributed by atoms with Gasteiger partial charge in [-0.1, -0.05) is 51.0 Å². The zero-order valence-electron chi connectivity index (χ0n) is 11.4. The third kappa shape index (κ3) is 2.55. The highest BCUT2D eigenvalue weighted by atomic mass is 14.9. The highest BCUT2D eigenvalue weighted by Crippen LogP contribution is 2.32. The summed E-state index contributed by atoms with van der Waals surface area (Å²) >= 11 is 0. The van der Waals surface area contributed by atoms with Crippen molar-refractivity contribution in [3.8, 4) is 0 Å². The topological polar surface area (TPSA) is 12.0 Å². The van der Waals surface area contributed by atoms with Gasteiger partial charge < -0.3 is 5.32 Å². The Morgan fingerprint density at radius 2 is 1.65 bits per heavy atom. The largest absolute Gasteiger partial charge is 0.316 e. The molecule has 0 spiro atoms. The summed E-state index contributed by atoms with van der Waals surface area (Å²) < 4.78 is 0. The minimum absolute atomic E-state index is 0.678. The van der Waals surface area contributed by atoms with Crippen molar-refractivity contribution in [3.63, 3.8) is 0 Å². The molecule has 1 aliphatic rings. The maximum Gasteiger partial charge on any atom is 0.0127 e. The van der Waals surface area contributed by atoms with Gasteiger partial charge in [-0.15, -0.1) is 0 Å². The number of nitrogens with one attached hydrogen (secondary N) is 1. The van der Waals surface area contributed by atoms with Crippen molar-refractivity contribution >= 4 is 0 Å². The van der Waals surface area contributed by atoms with Gasteiger partial charge >= 0.3 is 0 Å². The van der Waals surface area contributed by atoms with Crippen molar-refractivity contribution in [1.29, 1.82) is 0 Å². The number of rotatable bonds is 5. The Morgan fingerprint density at radius 3 is 2.06 bits per heavy atom. The van der Waals surface area contributed by atoms with Gasteiger partial charge in [-0.25, -0.2) is 0 Å². The summed E-state index contributed by atoms with van der Waals surface area (Å²) in [5, 5.41) is 3.58. The normalized spacial score (nSPS) is 17.4. The Kier molecular flexibility index (Phi) is 4.22. The van der Waals surface area contributed by atoms with Crippen LogP contribution in [0.4, 0.5) is 0 Å². The number of benzene rings is 1. The molecule has 1 atom stereocenters. The summed E-state index contributed by atoms with van der Waals surface area (Å²) in [5.41, 5.74) is 3.15. The highest BCUT2D eigenvalue weighted by molar-refractivity contribution is 5.32. The van der Waals surface area contributed by atoms with Crippen LogP contribution in [0.5, 0.6) is 0 Å². The number of hydrogen-bond acceptors (Lipinski definition) is 1. The zero-order chi connectivity index (χ0) is 12.3. The Labute approximate surface area is 106 Å². The molecule has 0 amide bonds. The lowest BCUT2D eigenvalue weighted by Crippen LogP contribution is -2.40. The van der Waals surface area contributed by atoms with Gasteiger partial charge in [0.1, 0.15) is 0 Å². The van der Waals surface area contributed by atoms with Gasteiger partial charge in [0, 0.05) is 6.04 Å². The van der Waals surface area contributed by atoms with E-state index >= 15 is 0 Å². The van der Waals surface area contributed by atoms with Crippen molar-refractivity contribution in [2.75, 3.05) is 7.05 Å². The molecule has 0 saturated carbocycles. The molecule has 0 saturated heterocycles. The molecule has 1 nitrogen and oxygen atoms in total. The van der Waals surface area contributed by atoms with Crippen molar-refractivity contribution in [2.24, 2.45) is 11.8 Å². The lowest BCUT2D eigenvalue weighted by Gasteiger charge is -2.30. The van der Waals surface area contributed by atoms with Gasteiger partial charge in [-0.2, -0.15) is 0 Å². The molecular formula is C16H25N. The average molecular weight is 231 g/mol. The van der Waals surface area contributed by atoms with Gasteiger partial charge in [0.05, 0.1) is 0 Å². The summed E-state index contributed by atoms with van der Waals surface area (Å²) in [6.45, 7) is 4.64. The molecule has 1 N–H and O–H groups in total. The van der Waals surface area contributed by atoms with E-state index in [4.69, 9.17) is 0 Å². The van der Waals surface area contributed by atoms with Crippen molar-refractivity contribution in [1.82, 2.24) is 5.32 Å². The van der Waals surface area contributed by atoms with E-state index < -0.39 is 0 Å². The molecule has 94 valence electrons. The predicted octanol–water partition coefficient (Wildman–Crippen LogP) is 3.43. The summed E-state index contributed by atoms with van der Waals surface area (Å²) in [7, 11) is 2.13. The second kappa shape index (κ2) is 5.68. The second-order valence-electron chi connectivity index (χ2n) is 5.33. The summed E-state index contributed by atoms with van der Waals surface area (Å²) in [5.74, 6) is 1.61. The summed E-state index contributed by atoms with van der Waals surface area (Å²) in [4.78, 5) is 0. The molecule has 0 aromatic heterocycles. The smallest absolute Gasteiger partial charge is 0.0127 e. The van der Waals surface area contributed by atoms with E-state index in [9.17, 15) is 0 Å². The van der Waals surface area contributed by atoms with E-state index in [0.717, 1.165) is 11.8 Å². The average Bonchev–Trinajstić information content (AvgIpc) is 2.78. The van der Waals surface area contributed by atoms with Gasteiger partial charge in [0.15, 0.2) is 0 Å². The lowest BCUT2D eigenvalue weighted by atomic mass is 9.83. The first kappa shape index (κ1) is 12.6. The van der Waals surface area contributed by atoms with Crippen molar-refractivity contribution in [3.05, 3.63) is 35.4 Å². The standard InChI is InChI=1S/C16H25N/c1-4-12(5-2)16(17-3)15-10-13-8-6-7-9-14(13)11-15/h6-9,12,15-17H,4-5,10-11H2,1-3H3. The first-order chi connectivity index (χ1) is 8.30. The molecule has 0 heterocycles. The Hall–Kier alpha value is -0.820. The molecule has 0 bridgehead atoms. The second-order valence-corrected chi connectivity index (χ2v) is 5.33.